The molecule has 1 aliphatic heterocycles. The highest BCUT2D eigenvalue weighted by molar-refractivity contribution is 7.89. The third kappa shape index (κ3) is 4.16. The van der Waals surface area contributed by atoms with Crippen LogP contribution in [-0.2, 0) is 14.8 Å². The molecule has 0 aromatic heterocycles. The molecule has 1 amide bonds. The van der Waals surface area contributed by atoms with Crippen LogP contribution >= 0.6 is 0 Å². The molecule has 0 bridgehead atoms. The zero-order chi connectivity index (χ0) is 17.9. The van der Waals surface area contributed by atoms with Crippen LogP contribution < -0.4 is 5.32 Å². The molecule has 24 heavy (non-hydrogen) atoms. The first-order valence-electron chi connectivity index (χ1n) is 8.63. The molecule has 0 radical (unpaired) electrons. The average Bonchev–Trinajstić information content (AvgIpc) is 2.56. The van der Waals surface area contributed by atoms with Gasteiger partial charge in [0.1, 0.15) is 0 Å². The molecule has 1 atom stereocenters. The van der Waals surface area contributed by atoms with Gasteiger partial charge in [-0.2, -0.15) is 4.31 Å². The lowest BCUT2D eigenvalue weighted by Gasteiger charge is -2.31. The monoisotopic (exact) mass is 352 g/mol. The molecule has 5 nitrogen and oxygen atoms in total. The molecule has 6 heteroatoms. The predicted molar refractivity (Wildman–Crippen MR) is 95.3 cm³/mol. The Bertz CT molecular complexity index is 692. The van der Waals surface area contributed by atoms with Crippen molar-refractivity contribution in [2.75, 3.05) is 13.1 Å². The third-order valence-corrected chi connectivity index (χ3v) is 6.83. The zero-order valence-electron chi connectivity index (χ0n) is 15.0. The fourth-order valence-electron chi connectivity index (χ4n) is 2.95. The van der Waals surface area contributed by atoms with Gasteiger partial charge in [0, 0.05) is 25.0 Å². The largest absolute Gasteiger partial charge is 0.353 e. The summed E-state index contributed by atoms with van der Waals surface area (Å²) >= 11 is 0. The maximum Gasteiger partial charge on any atom is 0.243 e. The van der Waals surface area contributed by atoms with Gasteiger partial charge in [0.2, 0.25) is 15.9 Å². The second-order valence-corrected chi connectivity index (χ2v) is 8.67. The number of nitrogens with zero attached hydrogens (tertiary/aromatic N) is 1. The quantitative estimate of drug-likeness (QED) is 0.886. The van der Waals surface area contributed by atoms with Crippen LogP contribution in [0.1, 0.15) is 44.2 Å². The smallest absolute Gasteiger partial charge is 0.243 e. The van der Waals surface area contributed by atoms with Crippen LogP contribution in [0.5, 0.6) is 0 Å². The number of sulfonamides is 1. The molecule has 1 aromatic rings. The lowest BCUT2D eigenvalue weighted by Crippen LogP contribution is -2.44. The van der Waals surface area contributed by atoms with Crippen molar-refractivity contribution in [1.29, 1.82) is 0 Å². The van der Waals surface area contributed by atoms with E-state index in [9.17, 15) is 13.2 Å². The van der Waals surface area contributed by atoms with E-state index < -0.39 is 10.0 Å². The standard InChI is InChI=1S/C18H28N2O3S/c1-5-15(4)19-18(21)16-8-10-20(11-9-16)24(22,23)17-12-13(2)6-7-14(17)3/h6-7,12,15-16H,5,8-11H2,1-4H3,(H,19,21). The highest BCUT2D eigenvalue weighted by Gasteiger charge is 2.33. The van der Waals surface area contributed by atoms with Gasteiger partial charge in [-0.05, 0) is 57.2 Å². The Kier molecular flexibility index (Phi) is 6.04. The second kappa shape index (κ2) is 7.66. The molecule has 0 aliphatic carbocycles. The summed E-state index contributed by atoms with van der Waals surface area (Å²) in [7, 11) is -3.49. The van der Waals surface area contributed by atoms with Crippen LogP contribution in [0.15, 0.2) is 23.1 Å². The van der Waals surface area contributed by atoms with E-state index in [0.29, 0.717) is 30.8 Å². The van der Waals surface area contributed by atoms with E-state index in [0.717, 1.165) is 17.5 Å². The first-order chi connectivity index (χ1) is 11.3. The van der Waals surface area contributed by atoms with E-state index in [4.69, 9.17) is 0 Å². The number of hydrogen-bond donors (Lipinski definition) is 1. The minimum absolute atomic E-state index is 0.0492. The molecular weight excluding hydrogens is 324 g/mol. The molecule has 1 N–H and O–H groups in total. The highest BCUT2D eigenvalue weighted by Crippen LogP contribution is 2.26. The van der Waals surface area contributed by atoms with Gasteiger partial charge in [-0.3, -0.25) is 4.79 Å². The Morgan fingerprint density at radius 1 is 1.29 bits per heavy atom. The lowest BCUT2D eigenvalue weighted by atomic mass is 9.97. The number of carbonyl (C=O) groups excluding carboxylic acids is 1. The van der Waals surface area contributed by atoms with Crippen LogP contribution in [0, 0.1) is 19.8 Å². The Labute approximate surface area is 145 Å². The van der Waals surface area contributed by atoms with E-state index in [1.807, 2.05) is 39.8 Å². The van der Waals surface area contributed by atoms with E-state index >= 15 is 0 Å². The molecule has 1 aromatic carbocycles. The number of rotatable bonds is 5. The lowest BCUT2D eigenvalue weighted by molar-refractivity contribution is -0.126. The number of carbonyl (C=O) groups is 1. The van der Waals surface area contributed by atoms with Crippen molar-refractivity contribution in [3.8, 4) is 0 Å². The minimum Gasteiger partial charge on any atom is -0.353 e. The summed E-state index contributed by atoms with van der Waals surface area (Å²) in [6, 6.07) is 5.65. The van der Waals surface area contributed by atoms with E-state index in [2.05, 4.69) is 5.32 Å². The second-order valence-electron chi connectivity index (χ2n) is 6.77. The summed E-state index contributed by atoms with van der Waals surface area (Å²) in [5, 5.41) is 2.99. The maximum atomic E-state index is 12.9. The van der Waals surface area contributed by atoms with Crippen LogP contribution in [0.2, 0.25) is 0 Å². The van der Waals surface area contributed by atoms with E-state index in [1.165, 1.54) is 4.31 Å². The number of amides is 1. The molecule has 134 valence electrons. The molecule has 0 spiro atoms. The Hall–Kier alpha value is -1.40. The van der Waals surface area contributed by atoms with Gasteiger partial charge in [-0.1, -0.05) is 19.1 Å². The summed E-state index contributed by atoms with van der Waals surface area (Å²) < 4.78 is 27.3. The molecular formula is C18H28N2O3S. The summed E-state index contributed by atoms with van der Waals surface area (Å²) in [6.07, 6.45) is 2.05. The summed E-state index contributed by atoms with van der Waals surface area (Å²) in [5.41, 5.74) is 1.69. The summed E-state index contributed by atoms with van der Waals surface area (Å²) in [6.45, 7) is 8.52. The summed E-state index contributed by atoms with van der Waals surface area (Å²) in [4.78, 5) is 12.6. The van der Waals surface area contributed by atoms with Crippen LogP contribution in [0.25, 0.3) is 0 Å². The average molecular weight is 353 g/mol. The minimum atomic E-state index is -3.49. The first-order valence-corrected chi connectivity index (χ1v) is 10.1. The number of nitrogens with one attached hydrogen (secondary N) is 1. The van der Waals surface area contributed by atoms with Crippen molar-refractivity contribution >= 4 is 15.9 Å². The molecule has 1 heterocycles. The van der Waals surface area contributed by atoms with Gasteiger partial charge in [-0.15, -0.1) is 0 Å². The molecule has 1 unspecified atom stereocenters. The van der Waals surface area contributed by atoms with Gasteiger partial charge in [0.15, 0.2) is 0 Å². The van der Waals surface area contributed by atoms with Crippen molar-refractivity contribution in [2.45, 2.75) is 57.9 Å². The highest BCUT2D eigenvalue weighted by atomic mass is 32.2. The van der Waals surface area contributed by atoms with Crippen LogP contribution in [-0.4, -0.2) is 37.8 Å². The van der Waals surface area contributed by atoms with Crippen molar-refractivity contribution in [1.82, 2.24) is 9.62 Å². The van der Waals surface area contributed by atoms with Gasteiger partial charge >= 0.3 is 0 Å². The molecule has 1 fully saturated rings. The Balaban J connectivity index is 2.06. The van der Waals surface area contributed by atoms with Crippen molar-refractivity contribution in [3.63, 3.8) is 0 Å². The van der Waals surface area contributed by atoms with E-state index in [-0.39, 0.29) is 17.9 Å². The molecule has 0 saturated carbocycles. The first kappa shape index (κ1) is 18.9. The Morgan fingerprint density at radius 3 is 2.50 bits per heavy atom. The number of piperidine rings is 1. The molecule has 1 aliphatic rings. The maximum absolute atomic E-state index is 12.9. The summed E-state index contributed by atoms with van der Waals surface area (Å²) in [5.74, 6) is -0.0443. The Morgan fingerprint density at radius 2 is 1.92 bits per heavy atom. The number of aryl methyl sites for hydroxylation is 2. The fraction of sp³-hybridized carbons (Fsp3) is 0.611. The van der Waals surface area contributed by atoms with Gasteiger partial charge < -0.3 is 5.32 Å². The molecule has 1 saturated heterocycles. The van der Waals surface area contributed by atoms with Gasteiger partial charge in [-0.25, -0.2) is 8.42 Å². The van der Waals surface area contributed by atoms with Crippen LogP contribution in [0.4, 0.5) is 0 Å². The molecule has 2 rings (SSSR count). The van der Waals surface area contributed by atoms with Crippen molar-refractivity contribution in [3.05, 3.63) is 29.3 Å². The van der Waals surface area contributed by atoms with Crippen molar-refractivity contribution in [2.24, 2.45) is 5.92 Å². The zero-order valence-corrected chi connectivity index (χ0v) is 15.8. The SMILES string of the molecule is CCC(C)NC(=O)C1CCN(S(=O)(=O)c2cc(C)ccc2C)CC1. The van der Waals surface area contributed by atoms with Crippen molar-refractivity contribution < 1.29 is 13.2 Å². The fourth-order valence-corrected chi connectivity index (χ4v) is 4.72. The number of hydrogen-bond acceptors (Lipinski definition) is 3. The van der Waals surface area contributed by atoms with Gasteiger partial charge in [0.05, 0.1) is 4.90 Å². The predicted octanol–water partition coefficient (Wildman–Crippen LogP) is 2.62. The van der Waals surface area contributed by atoms with E-state index in [1.54, 1.807) is 6.07 Å². The third-order valence-electron chi connectivity index (χ3n) is 4.79. The number of benzene rings is 1. The van der Waals surface area contributed by atoms with Gasteiger partial charge in [0.25, 0.3) is 0 Å². The van der Waals surface area contributed by atoms with Crippen LogP contribution in [0.3, 0.4) is 0 Å². The topological polar surface area (TPSA) is 66.5 Å². The normalized spacial score (nSPS) is 18.3.